The van der Waals surface area contributed by atoms with Gasteiger partial charge in [-0.25, -0.2) is 0 Å². The van der Waals surface area contributed by atoms with Crippen LogP contribution in [0.5, 0.6) is 0 Å². The third-order valence-electron chi connectivity index (χ3n) is 3.80. The van der Waals surface area contributed by atoms with Crippen LogP contribution in [0.25, 0.3) is 0 Å². The molecule has 0 saturated carbocycles. The van der Waals surface area contributed by atoms with Gasteiger partial charge in [0.25, 0.3) is 5.69 Å². The molecule has 1 heterocycles. The van der Waals surface area contributed by atoms with Crippen molar-refractivity contribution in [3.63, 3.8) is 0 Å². The Balaban J connectivity index is 1.82. The lowest BCUT2D eigenvalue weighted by atomic mass is 9.83. The van der Waals surface area contributed by atoms with E-state index in [1.165, 1.54) is 24.3 Å². The van der Waals surface area contributed by atoms with Gasteiger partial charge in [0.15, 0.2) is 0 Å². The van der Waals surface area contributed by atoms with Crippen LogP contribution in [0.4, 0.5) is 11.4 Å². The van der Waals surface area contributed by atoms with E-state index in [0.29, 0.717) is 18.8 Å². The summed E-state index contributed by atoms with van der Waals surface area (Å²) in [6.07, 6.45) is 0. The molecule has 1 saturated heterocycles. The van der Waals surface area contributed by atoms with Gasteiger partial charge in [-0.15, -0.1) is 0 Å². The van der Waals surface area contributed by atoms with Crippen LogP contribution >= 0.6 is 0 Å². The van der Waals surface area contributed by atoms with Crippen molar-refractivity contribution in [2.45, 2.75) is 19.4 Å². The van der Waals surface area contributed by atoms with E-state index in [9.17, 15) is 20.0 Å². The highest BCUT2D eigenvalue weighted by Gasteiger charge is 2.43. The lowest BCUT2D eigenvalue weighted by Gasteiger charge is -2.48. The summed E-state index contributed by atoms with van der Waals surface area (Å²) in [6, 6.07) is 5.68. The molecule has 1 aliphatic heterocycles. The number of aliphatic hydroxyl groups is 1. The van der Waals surface area contributed by atoms with Gasteiger partial charge in [0.05, 0.1) is 17.1 Å². The minimum atomic E-state index is -0.701. The second kappa shape index (κ2) is 5.79. The van der Waals surface area contributed by atoms with Crippen LogP contribution in [-0.2, 0) is 4.79 Å². The third-order valence-corrected chi connectivity index (χ3v) is 3.80. The Kier molecular flexibility index (Phi) is 4.24. The lowest BCUT2D eigenvalue weighted by molar-refractivity contribution is -0.384. The second-order valence-corrected chi connectivity index (χ2v) is 5.76. The SMILES string of the molecule is CC(C)C1(O)CN(CC(=O)Nc2ccc([N+](=O)[O-])cc2)C1. The highest BCUT2D eigenvalue weighted by atomic mass is 16.6. The molecule has 0 spiro atoms. The average molecular weight is 293 g/mol. The Labute approximate surface area is 122 Å². The topological polar surface area (TPSA) is 95.7 Å². The molecule has 1 aromatic rings. The van der Waals surface area contributed by atoms with E-state index in [-0.39, 0.29) is 24.1 Å². The van der Waals surface area contributed by atoms with Gasteiger partial charge in [0.1, 0.15) is 0 Å². The Morgan fingerprint density at radius 3 is 2.48 bits per heavy atom. The molecule has 0 unspecified atom stereocenters. The van der Waals surface area contributed by atoms with Crippen molar-refractivity contribution in [3.05, 3.63) is 34.4 Å². The predicted octanol–water partition coefficient (Wildman–Crippen LogP) is 1.24. The number of nitrogens with one attached hydrogen (secondary N) is 1. The minimum Gasteiger partial charge on any atom is -0.387 e. The summed E-state index contributed by atoms with van der Waals surface area (Å²) in [6.45, 7) is 5.07. The van der Waals surface area contributed by atoms with Crippen LogP contribution in [0.1, 0.15) is 13.8 Å². The van der Waals surface area contributed by atoms with Crippen molar-refractivity contribution in [2.24, 2.45) is 5.92 Å². The van der Waals surface area contributed by atoms with Crippen molar-refractivity contribution in [3.8, 4) is 0 Å². The fourth-order valence-electron chi connectivity index (χ4n) is 2.28. The average Bonchev–Trinajstić information content (AvgIpc) is 2.37. The molecule has 21 heavy (non-hydrogen) atoms. The maximum absolute atomic E-state index is 11.8. The molecule has 1 aliphatic rings. The number of carbonyl (C=O) groups is 1. The first kappa shape index (κ1) is 15.4. The van der Waals surface area contributed by atoms with E-state index in [4.69, 9.17) is 0 Å². The third kappa shape index (κ3) is 3.56. The molecule has 1 fully saturated rings. The van der Waals surface area contributed by atoms with Crippen molar-refractivity contribution in [1.29, 1.82) is 0 Å². The minimum absolute atomic E-state index is 0.0160. The molecular formula is C14H19N3O4. The van der Waals surface area contributed by atoms with E-state index in [0.717, 1.165) is 0 Å². The van der Waals surface area contributed by atoms with E-state index in [1.807, 2.05) is 18.7 Å². The molecule has 0 radical (unpaired) electrons. The number of nitro groups is 1. The maximum Gasteiger partial charge on any atom is 0.269 e. The van der Waals surface area contributed by atoms with Crippen molar-refractivity contribution >= 4 is 17.3 Å². The molecule has 2 N–H and O–H groups in total. The van der Waals surface area contributed by atoms with E-state index < -0.39 is 10.5 Å². The highest BCUT2D eigenvalue weighted by molar-refractivity contribution is 5.92. The number of anilines is 1. The number of likely N-dealkylation sites (tertiary alicyclic amines) is 1. The molecule has 114 valence electrons. The Bertz CT molecular complexity index is 536. The molecule has 0 aromatic heterocycles. The first-order chi connectivity index (χ1) is 9.80. The van der Waals surface area contributed by atoms with E-state index >= 15 is 0 Å². The van der Waals surface area contributed by atoms with E-state index in [2.05, 4.69) is 5.32 Å². The number of carbonyl (C=O) groups excluding carboxylic acids is 1. The van der Waals surface area contributed by atoms with Crippen LogP contribution in [0.3, 0.4) is 0 Å². The van der Waals surface area contributed by atoms with Crippen molar-refractivity contribution in [2.75, 3.05) is 25.0 Å². The van der Waals surface area contributed by atoms with Crippen LogP contribution in [0, 0.1) is 16.0 Å². The first-order valence-corrected chi connectivity index (χ1v) is 6.79. The number of non-ortho nitro benzene ring substituents is 1. The molecule has 7 nitrogen and oxygen atoms in total. The van der Waals surface area contributed by atoms with Gasteiger partial charge in [-0.3, -0.25) is 19.8 Å². The summed E-state index contributed by atoms with van der Waals surface area (Å²) in [5.41, 5.74) is -0.198. The van der Waals surface area contributed by atoms with Gasteiger partial charge in [0.2, 0.25) is 5.91 Å². The largest absolute Gasteiger partial charge is 0.387 e. The molecule has 0 atom stereocenters. The lowest BCUT2D eigenvalue weighted by Crippen LogP contribution is -2.65. The summed E-state index contributed by atoms with van der Waals surface area (Å²) in [7, 11) is 0. The predicted molar refractivity (Wildman–Crippen MR) is 78.0 cm³/mol. The highest BCUT2D eigenvalue weighted by Crippen LogP contribution is 2.28. The molecule has 1 amide bonds. The fourth-order valence-corrected chi connectivity index (χ4v) is 2.28. The zero-order valence-corrected chi connectivity index (χ0v) is 12.1. The summed E-state index contributed by atoms with van der Waals surface area (Å²) < 4.78 is 0. The van der Waals surface area contributed by atoms with Crippen LogP contribution in [0.15, 0.2) is 24.3 Å². The molecule has 1 aromatic carbocycles. The van der Waals surface area contributed by atoms with Gasteiger partial charge in [-0.1, -0.05) is 13.8 Å². The summed E-state index contributed by atoms with van der Waals surface area (Å²) in [5.74, 6) is -0.0406. The molecular weight excluding hydrogens is 274 g/mol. The Hall–Kier alpha value is -1.99. The van der Waals surface area contributed by atoms with Crippen molar-refractivity contribution in [1.82, 2.24) is 4.90 Å². The number of benzene rings is 1. The quantitative estimate of drug-likeness (QED) is 0.629. The van der Waals surface area contributed by atoms with Gasteiger partial charge in [0, 0.05) is 30.9 Å². The number of amides is 1. The smallest absolute Gasteiger partial charge is 0.269 e. The number of β-amino-alcohol motifs (C(OH)–C–C–N with tert-alkyl or cyclic N) is 1. The van der Waals surface area contributed by atoms with Crippen LogP contribution in [0.2, 0.25) is 0 Å². The van der Waals surface area contributed by atoms with Gasteiger partial charge >= 0.3 is 0 Å². The summed E-state index contributed by atoms with van der Waals surface area (Å²) in [5, 5.41) is 23.3. The van der Waals surface area contributed by atoms with Crippen LogP contribution in [-0.4, -0.2) is 46.1 Å². The molecule has 7 heteroatoms. The standard InChI is InChI=1S/C14H19N3O4/c1-10(2)14(19)8-16(9-14)7-13(18)15-11-3-5-12(6-4-11)17(20)21/h3-6,10,19H,7-9H2,1-2H3,(H,15,18). The maximum atomic E-state index is 11.8. The first-order valence-electron chi connectivity index (χ1n) is 6.79. The summed E-state index contributed by atoms with van der Waals surface area (Å²) >= 11 is 0. The van der Waals surface area contributed by atoms with Gasteiger partial charge in [-0.05, 0) is 18.1 Å². The van der Waals surface area contributed by atoms with Crippen molar-refractivity contribution < 1.29 is 14.8 Å². The normalized spacial score (nSPS) is 17.3. The molecule has 2 rings (SSSR count). The number of rotatable bonds is 5. The number of nitro benzene ring substituents is 1. The zero-order chi connectivity index (χ0) is 15.6. The van der Waals surface area contributed by atoms with E-state index in [1.54, 1.807) is 0 Å². The molecule has 0 bridgehead atoms. The number of nitrogens with zero attached hydrogens (tertiary/aromatic N) is 2. The van der Waals surface area contributed by atoms with Crippen LogP contribution < -0.4 is 5.32 Å². The second-order valence-electron chi connectivity index (χ2n) is 5.76. The van der Waals surface area contributed by atoms with Gasteiger partial charge in [-0.2, -0.15) is 0 Å². The Morgan fingerprint density at radius 2 is 2.00 bits per heavy atom. The fraction of sp³-hybridized carbons (Fsp3) is 0.500. The number of hydrogen-bond donors (Lipinski definition) is 2. The Morgan fingerprint density at radius 1 is 1.43 bits per heavy atom. The zero-order valence-electron chi connectivity index (χ0n) is 12.1. The number of hydrogen-bond acceptors (Lipinski definition) is 5. The summed E-state index contributed by atoms with van der Waals surface area (Å²) in [4.78, 5) is 23.8. The molecule has 0 aliphatic carbocycles. The monoisotopic (exact) mass is 293 g/mol. The van der Waals surface area contributed by atoms with Gasteiger partial charge < -0.3 is 10.4 Å².